The molecule has 0 atom stereocenters. The topological polar surface area (TPSA) is 94.0 Å². The Morgan fingerprint density at radius 2 is 2.00 bits per heavy atom. The van der Waals surface area contributed by atoms with Crippen molar-refractivity contribution in [3.05, 3.63) is 42.5 Å². The van der Waals surface area contributed by atoms with E-state index in [1.54, 1.807) is 0 Å². The molecule has 0 unspecified atom stereocenters. The maximum Gasteiger partial charge on any atom is 0.234 e. The van der Waals surface area contributed by atoms with Gasteiger partial charge in [0.05, 0.1) is 5.75 Å². The fourth-order valence-electron chi connectivity index (χ4n) is 2.41. The summed E-state index contributed by atoms with van der Waals surface area (Å²) in [6, 6.07) is 13.5. The molecule has 2 aromatic heterocycles. The highest BCUT2D eigenvalue weighted by Crippen LogP contribution is 2.30. The summed E-state index contributed by atoms with van der Waals surface area (Å²) < 4.78 is 6.50. The third kappa shape index (κ3) is 2.93. The van der Waals surface area contributed by atoms with Gasteiger partial charge in [-0.2, -0.15) is 0 Å². The number of furan rings is 1. The fourth-order valence-corrected chi connectivity index (χ4v) is 3.84. The summed E-state index contributed by atoms with van der Waals surface area (Å²) in [5.41, 5.74) is 7.79. The van der Waals surface area contributed by atoms with Gasteiger partial charge < -0.3 is 15.5 Å². The molecular weight excluding hydrogens is 344 g/mol. The average Bonchev–Trinajstić information content (AvgIpc) is 3.15. The lowest BCUT2D eigenvalue weighted by Crippen LogP contribution is -2.13. The van der Waals surface area contributed by atoms with Gasteiger partial charge >= 0.3 is 0 Å². The molecule has 0 saturated heterocycles. The number of anilines is 2. The van der Waals surface area contributed by atoms with Gasteiger partial charge in [-0.1, -0.05) is 41.3 Å². The van der Waals surface area contributed by atoms with E-state index in [0.29, 0.717) is 15.2 Å². The van der Waals surface area contributed by atoms with Crippen molar-refractivity contribution in [2.75, 3.05) is 16.8 Å². The minimum Gasteiger partial charge on any atom is -0.456 e. The number of nitrogens with two attached hydrogens (primary N) is 1. The van der Waals surface area contributed by atoms with E-state index in [2.05, 4.69) is 15.5 Å². The zero-order chi connectivity index (χ0) is 16.5. The molecule has 0 spiro atoms. The van der Waals surface area contributed by atoms with E-state index in [0.717, 1.165) is 21.9 Å². The maximum atomic E-state index is 12.1. The third-order valence-electron chi connectivity index (χ3n) is 3.41. The summed E-state index contributed by atoms with van der Waals surface area (Å²) >= 11 is 2.57. The van der Waals surface area contributed by atoms with Crippen LogP contribution in [-0.4, -0.2) is 21.9 Å². The number of hydrogen-bond acceptors (Lipinski definition) is 7. The van der Waals surface area contributed by atoms with Gasteiger partial charge in [0.15, 0.2) is 4.34 Å². The number of rotatable bonds is 4. The lowest BCUT2D eigenvalue weighted by Gasteiger charge is -2.03. The standard InChI is InChI=1S/C16H12N4O2S2/c17-15-19-20-16(24-15)23-8-14(21)18-9-5-6-11-10-3-1-2-4-12(10)22-13(11)7-9/h1-7H,8H2,(H2,17,19)(H,18,21). The molecule has 4 aromatic rings. The van der Waals surface area contributed by atoms with Crippen molar-refractivity contribution in [1.29, 1.82) is 0 Å². The monoisotopic (exact) mass is 356 g/mol. The smallest absolute Gasteiger partial charge is 0.234 e. The Labute approximate surface area is 145 Å². The van der Waals surface area contributed by atoms with Gasteiger partial charge in [-0.05, 0) is 18.2 Å². The first kappa shape index (κ1) is 15.0. The van der Waals surface area contributed by atoms with E-state index in [1.807, 2.05) is 42.5 Å². The second-order valence-electron chi connectivity index (χ2n) is 5.05. The first-order chi connectivity index (χ1) is 11.7. The number of nitrogens with zero attached hydrogens (tertiary/aromatic N) is 2. The summed E-state index contributed by atoms with van der Waals surface area (Å²) in [6.07, 6.45) is 0. The van der Waals surface area contributed by atoms with Crippen LogP contribution >= 0.6 is 23.1 Å². The number of nitrogen functional groups attached to an aromatic ring is 1. The molecule has 0 saturated carbocycles. The molecular formula is C16H12N4O2S2. The van der Waals surface area contributed by atoms with Crippen LogP contribution in [0.4, 0.5) is 10.8 Å². The van der Waals surface area contributed by atoms with Gasteiger partial charge in [0.2, 0.25) is 11.0 Å². The average molecular weight is 356 g/mol. The van der Waals surface area contributed by atoms with Crippen LogP contribution in [0.1, 0.15) is 0 Å². The SMILES string of the molecule is Nc1nnc(SCC(=O)Nc2ccc3c(c2)oc2ccccc23)s1. The summed E-state index contributed by atoms with van der Waals surface area (Å²) in [5, 5.41) is 12.9. The highest BCUT2D eigenvalue weighted by atomic mass is 32.2. The van der Waals surface area contributed by atoms with Crippen LogP contribution in [0.25, 0.3) is 21.9 Å². The van der Waals surface area contributed by atoms with Crippen LogP contribution in [0.15, 0.2) is 51.2 Å². The second-order valence-corrected chi connectivity index (χ2v) is 7.28. The number of amides is 1. The molecule has 0 aliphatic rings. The van der Waals surface area contributed by atoms with E-state index in [4.69, 9.17) is 10.2 Å². The molecule has 24 heavy (non-hydrogen) atoms. The van der Waals surface area contributed by atoms with Crippen molar-refractivity contribution in [2.24, 2.45) is 0 Å². The second kappa shape index (κ2) is 6.14. The quantitative estimate of drug-likeness (QED) is 0.541. The van der Waals surface area contributed by atoms with Gasteiger partial charge in [0.1, 0.15) is 11.2 Å². The zero-order valence-electron chi connectivity index (χ0n) is 12.4. The van der Waals surface area contributed by atoms with Crippen LogP contribution in [0, 0.1) is 0 Å². The number of thioether (sulfide) groups is 1. The van der Waals surface area contributed by atoms with Gasteiger partial charge in [-0.25, -0.2) is 0 Å². The number of carbonyl (C=O) groups excluding carboxylic acids is 1. The first-order valence-electron chi connectivity index (χ1n) is 7.12. The predicted molar refractivity (Wildman–Crippen MR) is 97.4 cm³/mol. The van der Waals surface area contributed by atoms with Crippen molar-refractivity contribution < 1.29 is 9.21 Å². The molecule has 0 radical (unpaired) electrons. The fraction of sp³-hybridized carbons (Fsp3) is 0.0625. The van der Waals surface area contributed by atoms with Crippen LogP contribution in [-0.2, 0) is 4.79 Å². The molecule has 0 aliphatic heterocycles. The van der Waals surface area contributed by atoms with Crippen LogP contribution < -0.4 is 11.1 Å². The predicted octanol–water partition coefficient (Wildman–Crippen LogP) is 3.75. The Balaban J connectivity index is 1.49. The summed E-state index contributed by atoms with van der Waals surface area (Å²) in [7, 11) is 0. The number of benzene rings is 2. The highest BCUT2D eigenvalue weighted by molar-refractivity contribution is 8.01. The number of nitrogens with one attached hydrogen (secondary N) is 1. The number of carbonyl (C=O) groups is 1. The molecule has 2 aromatic carbocycles. The molecule has 1 amide bonds. The molecule has 0 aliphatic carbocycles. The number of hydrogen-bond donors (Lipinski definition) is 2. The van der Waals surface area contributed by atoms with E-state index in [-0.39, 0.29) is 11.7 Å². The Kier molecular flexibility index (Phi) is 3.83. The number of aromatic nitrogens is 2. The molecule has 3 N–H and O–H groups in total. The van der Waals surface area contributed by atoms with Gasteiger partial charge in [0, 0.05) is 22.5 Å². The van der Waals surface area contributed by atoms with E-state index in [9.17, 15) is 4.79 Å². The van der Waals surface area contributed by atoms with Crippen molar-refractivity contribution >= 4 is 61.8 Å². The Morgan fingerprint density at radius 3 is 2.83 bits per heavy atom. The summed E-state index contributed by atoms with van der Waals surface area (Å²) in [6.45, 7) is 0. The van der Waals surface area contributed by atoms with Crippen molar-refractivity contribution in [3.8, 4) is 0 Å². The molecule has 0 fully saturated rings. The normalized spacial score (nSPS) is 11.2. The largest absolute Gasteiger partial charge is 0.456 e. The minimum atomic E-state index is -0.121. The Bertz CT molecular complexity index is 1040. The van der Waals surface area contributed by atoms with Crippen LogP contribution in [0.2, 0.25) is 0 Å². The lowest BCUT2D eigenvalue weighted by atomic mass is 10.1. The zero-order valence-corrected chi connectivity index (χ0v) is 14.0. The van der Waals surface area contributed by atoms with Crippen molar-refractivity contribution in [1.82, 2.24) is 10.2 Å². The minimum absolute atomic E-state index is 0.121. The molecule has 0 bridgehead atoms. The van der Waals surface area contributed by atoms with Crippen molar-refractivity contribution in [2.45, 2.75) is 4.34 Å². The molecule has 2 heterocycles. The van der Waals surface area contributed by atoms with E-state index in [1.165, 1.54) is 23.1 Å². The first-order valence-corrected chi connectivity index (χ1v) is 8.92. The van der Waals surface area contributed by atoms with Gasteiger partial charge in [-0.3, -0.25) is 4.79 Å². The molecule has 4 rings (SSSR count). The van der Waals surface area contributed by atoms with Crippen LogP contribution in [0.5, 0.6) is 0 Å². The summed E-state index contributed by atoms with van der Waals surface area (Å²) in [5.74, 6) is 0.122. The number of fused-ring (bicyclic) bond motifs is 3. The molecule has 120 valence electrons. The summed E-state index contributed by atoms with van der Waals surface area (Å²) in [4.78, 5) is 12.1. The third-order valence-corrected chi connectivity index (χ3v) is 5.30. The highest BCUT2D eigenvalue weighted by Gasteiger charge is 2.10. The number of para-hydroxylation sites is 1. The Morgan fingerprint density at radius 1 is 1.17 bits per heavy atom. The molecule has 6 nitrogen and oxygen atoms in total. The maximum absolute atomic E-state index is 12.1. The Hall–Kier alpha value is -2.58. The van der Waals surface area contributed by atoms with Gasteiger partial charge in [0.25, 0.3) is 0 Å². The van der Waals surface area contributed by atoms with Crippen LogP contribution in [0.3, 0.4) is 0 Å². The van der Waals surface area contributed by atoms with Crippen molar-refractivity contribution in [3.63, 3.8) is 0 Å². The van der Waals surface area contributed by atoms with E-state index >= 15 is 0 Å². The molecule has 8 heteroatoms. The van der Waals surface area contributed by atoms with Gasteiger partial charge in [-0.15, -0.1) is 10.2 Å². The van der Waals surface area contributed by atoms with E-state index < -0.39 is 0 Å². The lowest BCUT2D eigenvalue weighted by molar-refractivity contribution is -0.113.